The lowest BCUT2D eigenvalue weighted by Gasteiger charge is -2.28. The van der Waals surface area contributed by atoms with Gasteiger partial charge in [0.25, 0.3) is 11.7 Å². The van der Waals surface area contributed by atoms with Crippen LogP contribution in [0.4, 0.5) is 0 Å². The number of ketones is 1. The number of hydrogen-bond donors (Lipinski definition) is 0. The highest BCUT2D eigenvalue weighted by Gasteiger charge is 2.42. The first-order valence-electron chi connectivity index (χ1n) is 6.38. The molecule has 0 radical (unpaired) electrons. The Morgan fingerprint density at radius 2 is 1.86 bits per heavy atom. The minimum Gasteiger partial charge on any atom is -0.493 e. The van der Waals surface area contributed by atoms with Crippen LogP contribution in [-0.4, -0.2) is 37.4 Å². The normalized spacial score (nSPS) is 16.5. The summed E-state index contributed by atoms with van der Waals surface area (Å²) in [5, 5.41) is 9.18. The van der Waals surface area contributed by atoms with Crippen LogP contribution in [0.3, 0.4) is 0 Å². The van der Waals surface area contributed by atoms with Crippen molar-refractivity contribution in [2.75, 3.05) is 20.8 Å². The Bertz CT molecular complexity index is 743. The smallest absolute Gasteiger partial charge is 0.300 e. The molecule has 6 nitrogen and oxygen atoms in total. The Morgan fingerprint density at radius 1 is 1.19 bits per heavy atom. The van der Waals surface area contributed by atoms with Crippen molar-refractivity contribution in [3.8, 4) is 17.6 Å². The lowest BCUT2D eigenvalue weighted by Crippen LogP contribution is -2.33. The van der Waals surface area contributed by atoms with Crippen molar-refractivity contribution in [1.82, 2.24) is 4.90 Å². The molecular weight excluding hydrogens is 272 g/mol. The minimum absolute atomic E-state index is 0.104. The Labute approximate surface area is 121 Å². The van der Waals surface area contributed by atoms with E-state index in [4.69, 9.17) is 9.47 Å². The third-order valence-corrected chi connectivity index (χ3v) is 3.75. The van der Waals surface area contributed by atoms with Gasteiger partial charge in [0, 0.05) is 12.1 Å². The molecule has 6 heteroatoms. The molecule has 1 aromatic carbocycles. The molecule has 0 aromatic heterocycles. The van der Waals surface area contributed by atoms with Gasteiger partial charge >= 0.3 is 0 Å². The quantitative estimate of drug-likeness (QED) is 0.754. The van der Waals surface area contributed by atoms with Crippen LogP contribution in [0.15, 0.2) is 17.7 Å². The largest absolute Gasteiger partial charge is 0.493 e. The maximum absolute atomic E-state index is 11.9. The van der Waals surface area contributed by atoms with Crippen LogP contribution in [0.1, 0.15) is 11.1 Å². The summed E-state index contributed by atoms with van der Waals surface area (Å²) in [5.74, 6) is -0.300. The zero-order valence-electron chi connectivity index (χ0n) is 11.6. The van der Waals surface area contributed by atoms with Gasteiger partial charge in [0.15, 0.2) is 11.5 Å². The molecule has 0 fully saturated rings. The van der Waals surface area contributed by atoms with Crippen LogP contribution in [-0.2, 0) is 16.0 Å². The molecule has 0 spiro atoms. The van der Waals surface area contributed by atoms with Crippen molar-refractivity contribution < 1.29 is 19.1 Å². The molecule has 21 heavy (non-hydrogen) atoms. The Hall–Kier alpha value is -2.81. The second kappa shape index (κ2) is 4.63. The fraction of sp³-hybridized carbons (Fsp3) is 0.267. The van der Waals surface area contributed by atoms with Crippen molar-refractivity contribution in [3.63, 3.8) is 0 Å². The van der Waals surface area contributed by atoms with Crippen molar-refractivity contribution in [1.29, 1.82) is 5.26 Å². The van der Waals surface area contributed by atoms with E-state index in [0.717, 1.165) is 5.56 Å². The highest BCUT2D eigenvalue weighted by Crippen LogP contribution is 2.41. The predicted octanol–water partition coefficient (Wildman–Crippen LogP) is 0.906. The van der Waals surface area contributed by atoms with E-state index in [9.17, 15) is 14.9 Å². The van der Waals surface area contributed by atoms with Crippen LogP contribution in [0.25, 0.3) is 5.70 Å². The number of nitriles is 1. The molecule has 2 aliphatic heterocycles. The summed E-state index contributed by atoms with van der Waals surface area (Å²) in [6.07, 6.45) is 0.594. The number of carbonyl (C=O) groups excluding carboxylic acids is 2. The van der Waals surface area contributed by atoms with Gasteiger partial charge in [-0.3, -0.25) is 9.59 Å². The van der Waals surface area contributed by atoms with Crippen LogP contribution < -0.4 is 9.47 Å². The van der Waals surface area contributed by atoms with E-state index in [2.05, 4.69) is 0 Å². The molecule has 0 saturated carbocycles. The summed E-state index contributed by atoms with van der Waals surface area (Å²) in [7, 11) is 3.05. The molecule has 2 heterocycles. The molecule has 0 N–H and O–H groups in total. The Morgan fingerprint density at radius 3 is 2.48 bits per heavy atom. The number of amides is 1. The molecule has 0 saturated heterocycles. The maximum Gasteiger partial charge on any atom is 0.300 e. The van der Waals surface area contributed by atoms with Crippen LogP contribution >= 0.6 is 0 Å². The number of Topliss-reactive ketones (excluding diaryl/α,β-unsaturated/α-hetero) is 1. The maximum atomic E-state index is 11.9. The lowest BCUT2D eigenvalue weighted by atomic mass is 9.95. The number of fused-ring (bicyclic) bond motifs is 3. The Balaban J connectivity index is 2.27. The highest BCUT2D eigenvalue weighted by atomic mass is 16.5. The average Bonchev–Trinajstić information content (AvgIpc) is 2.77. The number of benzene rings is 1. The van der Waals surface area contributed by atoms with Gasteiger partial charge in [0.05, 0.1) is 19.9 Å². The standard InChI is InChI=1S/C15H12N2O4/c1-20-11-5-8-3-4-17-13(9(8)6-12(11)21-2)10(7-16)14(18)15(17)19/h5-6H,3-4H2,1-2H3. The predicted molar refractivity (Wildman–Crippen MR) is 72.5 cm³/mol. The fourth-order valence-electron chi connectivity index (χ4n) is 2.75. The molecule has 0 atom stereocenters. The number of carbonyl (C=O) groups is 2. The first-order chi connectivity index (χ1) is 10.1. The first kappa shape index (κ1) is 13.2. The van der Waals surface area contributed by atoms with Gasteiger partial charge in [-0.25, -0.2) is 0 Å². The summed E-state index contributed by atoms with van der Waals surface area (Å²) in [4.78, 5) is 25.2. The van der Waals surface area contributed by atoms with Crippen LogP contribution in [0.2, 0.25) is 0 Å². The summed E-state index contributed by atoms with van der Waals surface area (Å²) < 4.78 is 10.5. The van der Waals surface area contributed by atoms with E-state index in [1.165, 1.54) is 12.0 Å². The summed E-state index contributed by atoms with van der Waals surface area (Å²) in [6, 6.07) is 5.37. The summed E-state index contributed by atoms with van der Waals surface area (Å²) >= 11 is 0. The number of methoxy groups -OCH3 is 2. The van der Waals surface area contributed by atoms with Gasteiger partial charge in [0.1, 0.15) is 11.6 Å². The number of ether oxygens (including phenoxy) is 2. The molecule has 0 aliphatic carbocycles. The number of hydrogen-bond acceptors (Lipinski definition) is 5. The monoisotopic (exact) mass is 284 g/mol. The van der Waals surface area contributed by atoms with Gasteiger partial charge < -0.3 is 14.4 Å². The van der Waals surface area contributed by atoms with Crippen molar-refractivity contribution in [3.05, 3.63) is 28.8 Å². The third-order valence-electron chi connectivity index (χ3n) is 3.75. The molecule has 0 unspecified atom stereocenters. The number of nitrogens with zero attached hydrogens (tertiary/aromatic N) is 2. The highest BCUT2D eigenvalue weighted by molar-refractivity contribution is 6.49. The second-order valence-corrected chi connectivity index (χ2v) is 4.74. The summed E-state index contributed by atoms with van der Waals surface area (Å²) in [6.45, 7) is 0.383. The lowest BCUT2D eigenvalue weighted by molar-refractivity contribution is -0.138. The van der Waals surface area contributed by atoms with Gasteiger partial charge in [0.2, 0.25) is 0 Å². The fourth-order valence-corrected chi connectivity index (χ4v) is 2.75. The minimum atomic E-state index is -0.741. The van der Waals surface area contributed by atoms with Crippen LogP contribution in [0, 0.1) is 11.3 Å². The second-order valence-electron chi connectivity index (χ2n) is 4.74. The summed E-state index contributed by atoms with van der Waals surface area (Å²) in [5.41, 5.74) is 1.88. The molecule has 106 valence electrons. The molecule has 1 aromatic rings. The van der Waals surface area contributed by atoms with E-state index in [1.807, 2.05) is 12.1 Å². The van der Waals surface area contributed by atoms with Crippen molar-refractivity contribution >= 4 is 17.4 Å². The van der Waals surface area contributed by atoms with Gasteiger partial charge in [-0.15, -0.1) is 0 Å². The van der Waals surface area contributed by atoms with E-state index in [0.29, 0.717) is 35.7 Å². The van der Waals surface area contributed by atoms with Gasteiger partial charge in [-0.1, -0.05) is 0 Å². The van der Waals surface area contributed by atoms with E-state index >= 15 is 0 Å². The molecule has 2 aliphatic rings. The van der Waals surface area contributed by atoms with Crippen molar-refractivity contribution in [2.24, 2.45) is 0 Å². The molecular formula is C15H12N2O4. The zero-order chi connectivity index (χ0) is 15.1. The zero-order valence-corrected chi connectivity index (χ0v) is 11.6. The molecule has 3 rings (SSSR count). The van der Waals surface area contributed by atoms with Crippen molar-refractivity contribution in [2.45, 2.75) is 6.42 Å². The third kappa shape index (κ3) is 1.71. The van der Waals surface area contributed by atoms with Crippen LogP contribution in [0.5, 0.6) is 11.5 Å². The van der Waals surface area contributed by atoms with E-state index < -0.39 is 11.7 Å². The first-order valence-corrected chi connectivity index (χ1v) is 6.38. The Kier molecular flexibility index (Phi) is 2.91. The van der Waals surface area contributed by atoms with Gasteiger partial charge in [-0.2, -0.15) is 5.26 Å². The number of rotatable bonds is 2. The van der Waals surface area contributed by atoms with E-state index in [-0.39, 0.29) is 5.57 Å². The van der Waals surface area contributed by atoms with Gasteiger partial charge in [-0.05, 0) is 24.1 Å². The SMILES string of the molecule is COc1cc2c(cc1OC)C1=C(C#N)C(=O)C(=O)N1CC2. The molecule has 1 amide bonds. The van der Waals surface area contributed by atoms with E-state index in [1.54, 1.807) is 13.2 Å². The average molecular weight is 284 g/mol. The molecule has 0 bridgehead atoms. The topological polar surface area (TPSA) is 79.6 Å².